The molecule has 7 aromatic carbocycles. The molecule has 2 aromatic heterocycles. The lowest BCUT2D eigenvalue weighted by molar-refractivity contribution is 1.12. The molecular weight excluding hydrogens is 488 g/mol. The first-order chi connectivity index (χ1) is 19.8. The predicted molar refractivity (Wildman–Crippen MR) is 166 cm³/mol. The van der Waals surface area contributed by atoms with E-state index in [-0.39, 0.29) is 0 Å². The van der Waals surface area contributed by atoms with Crippen LogP contribution in [-0.4, -0.2) is 19.9 Å². The van der Waals surface area contributed by atoms with Crippen molar-refractivity contribution in [3.8, 4) is 0 Å². The van der Waals surface area contributed by atoms with Gasteiger partial charge in [0.2, 0.25) is 0 Å². The monoisotopic (exact) mass is 508 g/mol. The molecule has 0 saturated heterocycles. The van der Waals surface area contributed by atoms with E-state index in [1.54, 1.807) is 0 Å². The Bertz CT molecular complexity index is 2520. The summed E-state index contributed by atoms with van der Waals surface area (Å²) >= 11 is 0. The minimum atomic E-state index is 0.912. The van der Waals surface area contributed by atoms with E-state index in [4.69, 9.17) is 19.9 Å². The molecule has 1 aliphatic rings. The Morgan fingerprint density at radius 2 is 0.775 bits per heavy atom. The molecule has 0 atom stereocenters. The van der Waals surface area contributed by atoms with Crippen molar-refractivity contribution in [3.63, 3.8) is 0 Å². The van der Waals surface area contributed by atoms with Gasteiger partial charge in [0, 0.05) is 32.3 Å². The Labute approximate surface area is 227 Å². The summed E-state index contributed by atoms with van der Waals surface area (Å²) in [5.74, 6) is 0. The van der Waals surface area contributed by atoms with Gasteiger partial charge in [-0.25, -0.2) is 19.9 Å². The number of hydrogen-bond donors (Lipinski definition) is 0. The molecule has 0 aliphatic heterocycles. The zero-order valence-corrected chi connectivity index (χ0v) is 21.4. The molecule has 4 heteroatoms. The molecule has 0 unspecified atom stereocenters. The van der Waals surface area contributed by atoms with Gasteiger partial charge in [0.15, 0.2) is 0 Å². The van der Waals surface area contributed by atoms with Crippen molar-refractivity contribution in [1.29, 1.82) is 0 Å². The van der Waals surface area contributed by atoms with Crippen molar-refractivity contribution in [2.75, 3.05) is 0 Å². The number of benzene rings is 7. The first kappa shape index (κ1) is 20.7. The summed E-state index contributed by atoms with van der Waals surface area (Å²) in [5, 5.41) is 11.7. The second-order valence-electron chi connectivity index (χ2n) is 10.9. The van der Waals surface area contributed by atoms with E-state index in [1.807, 2.05) is 0 Å². The third-order valence-electron chi connectivity index (χ3n) is 8.70. The smallest absolute Gasteiger partial charge is 0.0979 e. The van der Waals surface area contributed by atoms with Crippen LogP contribution in [0.3, 0.4) is 0 Å². The van der Waals surface area contributed by atoms with Crippen molar-refractivity contribution < 1.29 is 0 Å². The van der Waals surface area contributed by atoms with Crippen molar-refractivity contribution in [3.05, 3.63) is 95.4 Å². The molecule has 4 nitrogen and oxygen atoms in total. The molecule has 2 heterocycles. The summed E-state index contributed by atoms with van der Waals surface area (Å²) < 4.78 is 0. The molecule has 0 bridgehead atoms. The normalized spacial score (nSPS) is 13.7. The highest BCUT2D eigenvalue weighted by Crippen LogP contribution is 2.43. The first-order valence-electron chi connectivity index (χ1n) is 13.8. The second kappa shape index (κ2) is 7.25. The molecular formula is C36H20N4. The van der Waals surface area contributed by atoms with Crippen LogP contribution in [0.15, 0.2) is 84.9 Å². The van der Waals surface area contributed by atoms with Crippen LogP contribution in [0.5, 0.6) is 0 Å². The van der Waals surface area contributed by atoms with Gasteiger partial charge in [-0.15, -0.1) is 0 Å². The van der Waals surface area contributed by atoms with E-state index >= 15 is 0 Å². The highest BCUT2D eigenvalue weighted by molar-refractivity contribution is 6.38. The summed E-state index contributed by atoms with van der Waals surface area (Å²) in [6, 6.07) is 30.1. The van der Waals surface area contributed by atoms with Crippen LogP contribution in [0.2, 0.25) is 0 Å². The van der Waals surface area contributed by atoms with Gasteiger partial charge in [-0.05, 0) is 58.3 Å². The minimum Gasteiger partial charge on any atom is -0.244 e. The maximum Gasteiger partial charge on any atom is 0.0979 e. The lowest BCUT2D eigenvalue weighted by Gasteiger charge is -2.16. The first-order valence-corrected chi connectivity index (χ1v) is 13.8. The van der Waals surface area contributed by atoms with Crippen molar-refractivity contribution >= 4 is 99.4 Å². The number of rotatable bonds is 0. The van der Waals surface area contributed by atoms with E-state index < -0.39 is 0 Å². The molecule has 1 aliphatic carbocycles. The van der Waals surface area contributed by atoms with Gasteiger partial charge in [-0.2, -0.15) is 0 Å². The second-order valence-corrected chi connectivity index (χ2v) is 10.9. The SMILES string of the molecule is C1=c2cc3nc4c5cccc6c7nc8cc9ccccc9cc8nc7c7cccc(c4nc3cc2=CCC1)c7c56. The molecule has 0 saturated carbocycles. The van der Waals surface area contributed by atoms with Gasteiger partial charge in [0.25, 0.3) is 0 Å². The molecule has 0 amide bonds. The van der Waals surface area contributed by atoms with Crippen LogP contribution in [0.1, 0.15) is 12.8 Å². The van der Waals surface area contributed by atoms with Gasteiger partial charge in [0.1, 0.15) is 0 Å². The molecule has 9 aromatic rings. The topological polar surface area (TPSA) is 51.6 Å². The average Bonchev–Trinajstić information content (AvgIpc) is 3.00. The maximum atomic E-state index is 5.27. The predicted octanol–water partition coefficient (Wildman–Crippen LogP) is 7.28. The highest BCUT2D eigenvalue weighted by Gasteiger charge is 2.20. The van der Waals surface area contributed by atoms with Crippen LogP contribution in [-0.2, 0) is 0 Å². The molecule has 0 N–H and O–H groups in total. The quantitative estimate of drug-likeness (QED) is 0.159. The Morgan fingerprint density at radius 1 is 0.400 bits per heavy atom. The summed E-state index contributed by atoms with van der Waals surface area (Å²) in [7, 11) is 0. The lowest BCUT2D eigenvalue weighted by atomic mass is 9.91. The lowest BCUT2D eigenvalue weighted by Crippen LogP contribution is -2.26. The fourth-order valence-corrected chi connectivity index (χ4v) is 6.89. The number of fused-ring (bicyclic) bond motifs is 10. The summed E-state index contributed by atoms with van der Waals surface area (Å²) in [4.78, 5) is 21.0. The zero-order valence-electron chi connectivity index (χ0n) is 21.4. The van der Waals surface area contributed by atoms with E-state index in [9.17, 15) is 0 Å². The Morgan fingerprint density at radius 3 is 1.18 bits per heavy atom. The van der Waals surface area contributed by atoms with Gasteiger partial charge >= 0.3 is 0 Å². The Kier molecular flexibility index (Phi) is 3.75. The summed E-state index contributed by atoms with van der Waals surface area (Å²) in [5.41, 5.74) is 7.45. The molecule has 184 valence electrons. The Balaban J connectivity index is 1.44. The highest BCUT2D eigenvalue weighted by atomic mass is 14.8. The third kappa shape index (κ3) is 2.60. The van der Waals surface area contributed by atoms with Crippen molar-refractivity contribution in [1.82, 2.24) is 19.9 Å². The van der Waals surface area contributed by atoms with Crippen LogP contribution in [0, 0.1) is 0 Å². The van der Waals surface area contributed by atoms with Crippen LogP contribution < -0.4 is 10.4 Å². The van der Waals surface area contributed by atoms with Crippen LogP contribution in [0.25, 0.3) is 99.4 Å². The van der Waals surface area contributed by atoms with Crippen molar-refractivity contribution in [2.45, 2.75) is 12.8 Å². The molecule has 40 heavy (non-hydrogen) atoms. The van der Waals surface area contributed by atoms with Crippen molar-refractivity contribution in [2.24, 2.45) is 0 Å². The fraction of sp³-hybridized carbons (Fsp3) is 0.0556. The Hall–Kier alpha value is -5.22. The van der Waals surface area contributed by atoms with E-state index in [0.717, 1.165) is 78.5 Å². The average molecular weight is 509 g/mol. The number of nitrogens with zero attached hydrogens (tertiary/aromatic N) is 4. The standard InChI is InChI=1S/C36H20N4/c1-2-8-20-16-28-27(15-19(20)7-1)37-33-23-11-5-13-25-31(23)32-24(34(33)38-28)12-6-14-26(32)36-35(25)39-29-17-21-9-3-4-10-22(21)18-30(29)40-36/h1-2,5-18H,3-4H2. The maximum absolute atomic E-state index is 5.27. The van der Waals surface area contributed by atoms with E-state index in [2.05, 4.69) is 97.1 Å². The summed E-state index contributed by atoms with van der Waals surface area (Å²) in [6.07, 6.45) is 6.77. The summed E-state index contributed by atoms with van der Waals surface area (Å²) in [6.45, 7) is 0. The van der Waals surface area contributed by atoms with Crippen LogP contribution >= 0.6 is 0 Å². The van der Waals surface area contributed by atoms with E-state index in [0.29, 0.717) is 0 Å². The van der Waals surface area contributed by atoms with Gasteiger partial charge in [-0.1, -0.05) is 72.8 Å². The van der Waals surface area contributed by atoms with E-state index in [1.165, 1.54) is 32.0 Å². The molecule has 0 spiro atoms. The number of aromatic nitrogens is 4. The molecule has 0 fully saturated rings. The van der Waals surface area contributed by atoms with Gasteiger partial charge in [0.05, 0.1) is 44.1 Å². The molecule has 0 radical (unpaired) electrons. The van der Waals surface area contributed by atoms with Gasteiger partial charge in [-0.3, -0.25) is 0 Å². The largest absolute Gasteiger partial charge is 0.244 e. The molecule has 10 rings (SSSR count). The zero-order chi connectivity index (χ0) is 25.9. The minimum absolute atomic E-state index is 0.912. The van der Waals surface area contributed by atoms with Gasteiger partial charge < -0.3 is 0 Å². The number of hydrogen-bond acceptors (Lipinski definition) is 4. The van der Waals surface area contributed by atoms with Crippen LogP contribution in [0.4, 0.5) is 0 Å². The fourth-order valence-electron chi connectivity index (χ4n) is 6.89. The third-order valence-corrected chi connectivity index (χ3v) is 8.70.